The molecule has 0 fully saturated rings. The Labute approximate surface area is 291 Å². The number of benzene rings is 5. The van der Waals surface area contributed by atoms with Crippen LogP contribution in [-0.2, 0) is 9.59 Å². The van der Waals surface area contributed by atoms with Crippen LogP contribution in [0.4, 0.5) is 11.4 Å². The van der Waals surface area contributed by atoms with Gasteiger partial charge in [-0.2, -0.15) is 0 Å². The van der Waals surface area contributed by atoms with Gasteiger partial charge < -0.3 is 20.7 Å². The molecule has 3 amide bonds. The summed E-state index contributed by atoms with van der Waals surface area (Å²) in [6.07, 6.45) is 1.66. The summed E-state index contributed by atoms with van der Waals surface area (Å²) < 4.78 is 5.72. The van der Waals surface area contributed by atoms with Crippen LogP contribution in [0.5, 0.6) is 5.75 Å². The van der Waals surface area contributed by atoms with Crippen molar-refractivity contribution in [3.05, 3.63) is 161 Å². The van der Waals surface area contributed by atoms with Crippen molar-refractivity contribution in [3.8, 4) is 5.75 Å². The van der Waals surface area contributed by atoms with Crippen molar-refractivity contribution in [2.24, 2.45) is 0 Å². The first kappa shape index (κ1) is 34.7. The number of thioether (sulfide) groups is 1. The maximum atomic E-state index is 13.8. The molecule has 0 aliphatic carbocycles. The molecule has 0 aliphatic heterocycles. The van der Waals surface area contributed by atoms with Crippen LogP contribution in [0.2, 0.25) is 0 Å². The van der Waals surface area contributed by atoms with Crippen LogP contribution in [0.1, 0.15) is 59.0 Å². The van der Waals surface area contributed by atoms with Crippen LogP contribution in [0.15, 0.2) is 144 Å². The fraction of sp³-hybridized carbons (Fsp3) is 0.146. The molecule has 248 valence electrons. The largest absolute Gasteiger partial charge is 0.492 e. The molecular weight excluding hydrogens is 631 g/mol. The Bertz CT molecular complexity index is 1910. The Hall–Kier alpha value is -5.60. The summed E-state index contributed by atoms with van der Waals surface area (Å²) in [5, 5.41) is 8.18. The minimum Gasteiger partial charge on any atom is -0.492 e. The topological polar surface area (TPSA) is 96.5 Å². The third kappa shape index (κ3) is 9.72. The lowest BCUT2D eigenvalue weighted by Gasteiger charge is -2.19. The summed E-state index contributed by atoms with van der Waals surface area (Å²) in [4.78, 5) is 41.4. The zero-order chi connectivity index (χ0) is 34.6. The lowest BCUT2D eigenvalue weighted by molar-refractivity contribution is -0.116. The summed E-state index contributed by atoms with van der Waals surface area (Å²) in [6.45, 7) is 6.60. The van der Waals surface area contributed by atoms with E-state index in [1.807, 2.05) is 110 Å². The second kappa shape index (κ2) is 17.0. The van der Waals surface area contributed by atoms with Gasteiger partial charge in [0, 0.05) is 16.1 Å². The molecule has 49 heavy (non-hydrogen) atoms. The van der Waals surface area contributed by atoms with Crippen molar-refractivity contribution in [3.63, 3.8) is 0 Å². The molecule has 5 aromatic carbocycles. The number of carbonyl (C=O) groups is 3. The number of anilines is 2. The van der Waals surface area contributed by atoms with Crippen LogP contribution in [0, 0.1) is 0 Å². The monoisotopic (exact) mass is 669 g/mol. The van der Waals surface area contributed by atoms with E-state index >= 15 is 0 Å². The molecule has 5 aromatic rings. The van der Waals surface area contributed by atoms with E-state index in [1.54, 1.807) is 36.4 Å². The predicted octanol–water partition coefficient (Wildman–Crippen LogP) is 9.09. The summed E-state index contributed by atoms with van der Waals surface area (Å²) in [6, 6.07) is 40.8. The van der Waals surface area contributed by atoms with E-state index in [9.17, 15) is 14.4 Å². The third-order valence-corrected chi connectivity index (χ3v) is 8.82. The Morgan fingerprint density at radius 1 is 0.735 bits per heavy atom. The van der Waals surface area contributed by atoms with Crippen LogP contribution < -0.4 is 20.7 Å². The minimum absolute atomic E-state index is 0.0960. The molecule has 0 saturated heterocycles. The Balaban J connectivity index is 1.38. The molecule has 0 saturated carbocycles. The number of hydrogen-bond donors (Lipinski definition) is 3. The lowest BCUT2D eigenvalue weighted by Crippen LogP contribution is -2.30. The molecule has 1 unspecified atom stereocenters. The number of rotatable bonds is 13. The zero-order valence-corrected chi connectivity index (χ0v) is 28.5. The van der Waals surface area contributed by atoms with Gasteiger partial charge in [-0.1, -0.05) is 105 Å². The Morgan fingerprint density at radius 2 is 1.41 bits per heavy atom. The van der Waals surface area contributed by atoms with Crippen molar-refractivity contribution in [1.29, 1.82) is 0 Å². The summed E-state index contributed by atoms with van der Waals surface area (Å²) >= 11 is 1.36. The quantitative estimate of drug-likeness (QED) is 0.0859. The number of hydrogen-bond acceptors (Lipinski definition) is 5. The molecular formula is C41H39N3O4S. The van der Waals surface area contributed by atoms with Crippen LogP contribution in [0.3, 0.4) is 0 Å². The molecule has 3 N–H and O–H groups in total. The first-order valence-electron chi connectivity index (χ1n) is 16.1. The van der Waals surface area contributed by atoms with Gasteiger partial charge in [-0.15, -0.1) is 11.8 Å². The van der Waals surface area contributed by atoms with Gasteiger partial charge >= 0.3 is 0 Å². The summed E-state index contributed by atoms with van der Waals surface area (Å²) in [5.41, 5.74) is 4.40. The van der Waals surface area contributed by atoms with Crippen molar-refractivity contribution >= 4 is 46.9 Å². The first-order valence-corrected chi connectivity index (χ1v) is 17.0. The SMILES string of the molecule is CCOc1ccccc1NC(=O)C(Sc1cccc(NC(=O)/C(=C\c2ccc(C(C)C)cc2)NC(=O)c2ccccc2)c1)c1ccccc1. The fourth-order valence-electron chi connectivity index (χ4n) is 5.02. The van der Waals surface area contributed by atoms with E-state index < -0.39 is 17.1 Å². The Morgan fingerprint density at radius 3 is 2.10 bits per heavy atom. The molecule has 0 radical (unpaired) electrons. The number of ether oxygens (including phenoxy) is 1. The number of amides is 3. The standard InChI is InChI=1S/C41H39N3O4S/c1-4-48-37-21-12-11-20-35(37)43-41(47)38(31-14-7-5-8-15-31)49-34-19-13-18-33(27-34)42-40(46)36(44-39(45)32-16-9-6-10-17-32)26-29-22-24-30(25-23-29)28(2)3/h5-28,38H,4H2,1-3H3,(H,42,46)(H,43,47)(H,44,45)/b36-26+. The second-order valence-corrected chi connectivity index (χ2v) is 12.7. The van der Waals surface area contributed by atoms with E-state index in [-0.39, 0.29) is 11.6 Å². The van der Waals surface area contributed by atoms with Gasteiger partial charge in [-0.05, 0) is 78.1 Å². The molecule has 0 aliphatic rings. The van der Waals surface area contributed by atoms with E-state index in [0.717, 1.165) is 16.0 Å². The third-order valence-electron chi connectivity index (χ3n) is 7.57. The smallest absolute Gasteiger partial charge is 0.272 e. The lowest BCUT2D eigenvalue weighted by atomic mass is 10.0. The van der Waals surface area contributed by atoms with Crippen molar-refractivity contribution in [2.75, 3.05) is 17.2 Å². The molecule has 0 bridgehead atoms. The molecule has 0 spiro atoms. The Kier molecular flexibility index (Phi) is 12.0. The van der Waals surface area contributed by atoms with Crippen molar-refractivity contribution in [1.82, 2.24) is 5.32 Å². The highest BCUT2D eigenvalue weighted by molar-refractivity contribution is 8.00. The number of nitrogens with one attached hydrogen (secondary N) is 3. The maximum Gasteiger partial charge on any atom is 0.272 e. The fourth-order valence-corrected chi connectivity index (χ4v) is 6.10. The van der Waals surface area contributed by atoms with E-state index in [4.69, 9.17) is 4.74 Å². The second-order valence-electron chi connectivity index (χ2n) is 11.5. The molecule has 5 rings (SSSR count). The highest BCUT2D eigenvalue weighted by atomic mass is 32.2. The van der Waals surface area contributed by atoms with Crippen LogP contribution >= 0.6 is 11.8 Å². The molecule has 0 aromatic heterocycles. The van der Waals surface area contributed by atoms with E-state index in [0.29, 0.717) is 35.2 Å². The van der Waals surface area contributed by atoms with Gasteiger partial charge in [0.2, 0.25) is 5.91 Å². The molecule has 8 heteroatoms. The summed E-state index contributed by atoms with van der Waals surface area (Å²) in [5.74, 6) is -0.131. The van der Waals surface area contributed by atoms with Gasteiger partial charge in [-0.3, -0.25) is 14.4 Å². The first-order chi connectivity index (χ1) is 23.8. The van der Waals surface area contributed by atoms with E-state index in [2.05, 4.69) is 29.8 Å². The van der Waals surface area contributed by atoms with Crippen molar-refractivity contribution < 1.29 is 19.1 Å². The predicted molar refractivity (Wildman–Crippen MR) is 199 cm³/mol. The maximum absolute atomic E-state index is 13.8. The van der Waals surface area contributed by atoms with Crippen LogP contribution in [0.25, 0.3) is 6.08 Å². The molecule has 1 atom stereocenters. The number of para-hydroxylation sites is 2. The van der Waals surface area contributed by atoms with Gasteiger partial charge in [0.25, 0.3) is 11.8 Å². The van der Waals surface area contributed by atoms with E-state index in [1.165, 1.54) is 17.3 Å². The number of carbonyl (C=O) groups excluding carboxylic acids is 3. The molecule has 0 heterocycles. The van der Waals surface area contributed by atoms with Gasteiger partial charge in [0.05, 0.1) is 12.3 Å². The van der Waals surface area contributed by atoms with Gasteiger partial charge in [0.15, 0.2) is 0 Å². The normalized spacial score (nSPS) is 11.8. The van der Waals surface area contributed by atoms with Gasteiger partial charge in [0.1, 0.15) is 16.7 Å². The molecule has 7 nitrogen and oxygen atoms in total. The minimum atomic E-state index is -0.601. The van der Waals surface area contributed by atoms with Crippen molar-refractivity contribution in [2.45, 2.75) is 36.8 Å². The highest BCUT2D eigenvalue weighted by Gasteiger charge is 2.24. The zero-order valence-electron chi connectivity index (χ0n) is 27.7. The average Bonchev–Trinajstić information content (AvgIpc) is 3.12. The average molecular weight is 670 g/mol. The highest BCUT2D eigenvalue weighted by Crippen LogP contribution is 2.38. The van der Waals surface area contributed by atoms with Crippen LogP contribution in [-0.4, -0.2) is 24.3 Å². The van der Waals surface area contributed by atoms with Gasteiger partial charge in [-0.25, -0.2) is 0 Å². The summed E-state index contributed by atoms with van der Waals surface area (Å²) in [7, 11) is 0.